The van der Waals surface area contributed by atoms with Crippen LogP contribution in [0.4, 0.5) is 10.1 Å². The van der Waals surface area contributed by atoms with Crippen LogP contribution in [0.5, 0.6) is 0 Å². The first-order valence-corrected chi connectivity index (χ1v) is 9.41. The molecule has 0 unspecified atom stereocenters. The van der Waals surface area contributed by atoms with E-state index in [0.717, 1.165) is 43.4 Å². The first-order valence-electron chi connectivity index (χ1n) is 9.41. The van der Waals surface area contributed by atoms with Crippen molar-refractivity contribution in [2.24, 2.45) is 11.7 Å². The second-order valence-corrected chi connectivity index (χ2v) is 7.85. The Balaban J connectivity index is 1.93. The van der Waals surface area contributed by atoms with Crippen LogP contribution in [0.2, 0.25) is 0 Å². The molecule has 2 atom stereocenters. The molecule has 1 aromatic carbocycles. The van der Waals surface area contributed by atoms with Gasteiger partial charge in [-0.2, -0.15) is 0 Å². The number of benzene rings is 1. The van der Waals surface area contributed by atoms with Crippen molar-refractivity contribution in [2.75, 3.05) is 18.0 Å². The van der Waals surface area contributed by atoms with E-state index in [1.165, 1.54) is 12.1 Å². The third-order valence-corrected chi connectivity index (χ3v) is 5.95. The standard InChI is InChI=1S/C20H26FN3O2/c1-11-19-16(14(10-25)7-18(26)24(19)15-3-4-15)8-17(21)20(11)23-6-5-13(9-23)12(2)22/h7-8,12-13,15,25H,3-6,9-10,22H2,1-2H3/t12-,13+/m0/s1. The molecule has 6 heteroatoms. The summed E-state index contributed by atoms with van der Waals surface area (Å²) < 4.78 is 16.9. The third kappa shape index (κ3) is 2.72. The van der Waals surface area contributed by atoms with Gasteiger partial charge in [0, 0.05) is 36.6 Å². The molecule has 5 nitrogen and oxygen atoms in total. The molecule has 3 N–H and O–H groups in total. The lowest BCUT2D eigenvalue weighted by Crippen LogP contribution is -2.30. The zero-order chi connectivity index (χ0) is 18.6. The fourth-order valence-electron chi connectivity index (χ4n) is 4.35. The van der Waals surface area contributed by atoms with E-state index < -0.39 is 0 Å². The van der Waals surface area contributed by atoms with Crippen molar-refractivity contribution in [1.82, 2.24) is 4.57 Å². The molecule has 2 heterocycles. The molecule has 140 valence electrons. The maximum absolute atomic E-state index is 15.1. The van der Waals surface area contributed by atoms with E-state index in [9.17, 15) is 9.90 Å². The second-order valence-electron chi connectivity index (χ2n) is 7.85. The summed E-state index contributed by atoms with van der Waals surface area (Å²) >= 11 is 0. The summed E-state index contributed by atoms with van der Waals surface area (Å²) in [7, 11) is 0. The van der Waals surface area contributed by atoms with E-state index in [4.69, 9.17) is 5.73 Å². The molecule has 4 rings (SSSR count). The highest BCUT2D eigenvalue weighted by molar-refractivity contribution is 5.90. The van der Waals surface area contributed by atoms with Gasteiger partial charge in [-0.1, -0.05) is 0 Å². The zero-order valence-corrected chi connectivity index (χ0v) is 15.3. The van der Waals surface area contributed by atoms with Gasteiger partial charge in [0.2, 0.25) is 0 Å². The first-order chi connectivity index (χ1) is 12.4. The van der Waals surface area contributed by atoms with E-state index >= 15 is 4.39 Å². The molecule has 0 bridgehead atoms. The maximum Gasteiger partial charge on any atom is 0.251 e. The van der Waals surface area contributed by atoms with E-state index in [1.54, 1.807) is 4.57 Å². The molecule has 2 aliphatic rings. The Morgan fingerprint density at radius 2 is 2.08 bits per heavy atom. The number of aromatic nitrogens is 1. The Hall–Kier alpha value is -1.92. The zero-order valence-electron chi connectivity index (χ0n) is 15.3. The summed E-state index contributed by atoms with van der Waals surface area (Å²) in [5.74, 6) is 0.0509. The smallest absolute Gasteiger partial charge is 0.251 e. The lowest BCUT2D eigenvalue weighted by atomic mass is 10.0. The van der Waals surface area contributed by atoms with Gasteiger partial charge in [0.05, 0.1) is 17.8 Å². The predicted molar refractivity (Wildman–Crippen MR) is 101 cm³/mol. The molecular formula is C20H26FN3O2. The van der Waals surface area contributed by atoms with Gasteiger partial charge in [0.25, 0.3) is 5.56 Å². The molecule has 2 fully saturated rings. The number of rotatable bonds is 4. The number of aliphatic hydroxyl groups excluding tert-OH is 1. The van der Waals surface area contributed by atoms with Crippen molar-refractivity contribution < 1.29 is 9.50 Å². The van der Waals surface area contributed by atoms with Gasteiger partial charge in [0.15, 0.2) is 0 Å². The lowest BCUT2D eigenvalue weighted by molar-refractivity contribution is 0.283. The number of hydrogen-bond donors (Lipinski definition) is 2. The summed E-state index contributed by atoms with van der Waals surface area (Å²) in [6.45, 7) is 5.11. The fourth-order valence-corrected chi connectivity index (χ4v) is 4.35. The Morgan fingerprint density at radius 3 is 2.65 bits per heavy atom. The van der Waals surface area contributed by atoms with Gasteiger partial charge in [-0.15, -0.1) is 0 Å². The Labute approximate surface area is 152 Å². The number of fused-ring (bicyclic) bond motifs is 1. The van der Waals surface area contributed by atoms with E-state index in [1.807, 2.05) is 13.8 Å². The van der Waals surface area contributed by atoms with Crippen molar-refractivity contribution in [3.8, 4) is 0 Å². The number of aryl methyl sites for hydroxylation is 1. The van der Waals surface area contributed by atoms with Gasteiger partial charge >= 0.3 is 0 Å². The molecule has 0 amide bonds. The topological polar surface area (TPSA) is 71.5 Å². The fraction of sp³-hybridized carbons (Fsp3) is 0.550. The average Bonchev–Trinajstić information content (AvgIpc) is 3.31. The van der Waals surface area contributed by atoms with Crippen LogP contribution in [0.3, 0.4) is 0 Å². The molecule has 0 radical (unpaired) electrons. The molecule has 1 aliphatic carbocycles. The van der Waals surface area contributed by atoms with Gasteiger partial charge in [-0.05, 0) is 56.2 Å². The minimum absolute atomic E-state index is 0.0782. The molecule has 1 aliphatic heterocycles. The molecule has 1 aromatic heterocycles. The van der Waals surface area contributed by atoms with Gasteiger partial charge in [-0.3, -0.25) is 4.79 Å². The number of hydrogen-bond acceptors (Lipinski definition) is 4. The van der Waals surface area contributed by atoms with Crippen LogP contribution in [-0.4, -0.2) is 28.8 Å². The molecule has 26 heavy (non-hydrogen) atoms. The average molecular weight is 359 g/mol. The summed E-state index contributed by atoms with van der Waals surface area (Å²) in [5, 5.41) is 10.3. The highest BCUT2D eigenvalue weighted by atomic mass is 19.1. The summed E-state index contributed by atoms with van der Waals surface area (Å²) in [6.07, 6.45) is 2.88. The van der Waals surface area contributed by atoms with E-state index in [0.29, 0.717) is 22.6 Å². The van der Waals surface area contributed by atoms with Crippen molar-refractivity contribution in [3.63, 3.8) is 0 Å². The SMILES string of the molecule is Cc1c(N2CC[C@@H]([C@H](C)N)C2)c(F)cc2c(CO)cc(=O)n(C3CC3)c12. The molecular weight excluding hydrogens is 333 g/mol. The van der Waals surface area contributed by atoms with Crippen molar-refractivity contribution >= 4 is 16.6 Å². The minimum atomic E-state index is -0.295. The molecule has 1 saturated heterocycles. The Morgan fingerprint density at radius 1 is 1.35 bits per heavy atom. The number of nitrogens with two attached hydrogens (primary N) is 1. The minimum Gasteiger partial charge on any atom is -0.392 e. The third-order valence-electron chi connectivity index (χ3n) is 5.95. The predicted octanol–water partition coefficient (Wildman–Crippen LogP) is 2.45. The van der Waals surface area contributed by atoms with Gasteiger partial charge in [-0.25, -0.2) is 4.39 Å². The highest BCUT2D eigenvalue weighted by Gasteiger charge is 2.32. The lowest BCUT2D eigenvalue weighted by Gasteiger charge is -2.25. The Kier molecular flexibility index (Phi) is 4.28. The molecule has 2 aromatic rings. The van der Waals surface area contributed by atoms with Crippen LogP contribution >= 0.6 is 0 Å². The molecule has 1 saturated carbocycles. The maximum atomic E-state index is 15.1. The van der Waals surface area contributed by atoms with Crippen LogP contribution in [0, 0.1) is 18.7 Å². The van der Waals surface area contributed by atoms with Crippen LogP contribution in [0.25, 0.3) is 10.9 Å². The van der Waals surface area contributed by atoms with Crippen LogP contribution in [-0.2, 0) is 6.61 Å². The van der Waals surface area contributed by atoms with Gasteiger partial charge < -0.3 is 20.3 Å². The molecule has 0 spiro atoms. The Bertz CT molecular complexity index is 918. The van der Waals surface area contributed by atoms with Gasteiger partial charge in [0.1, 0.15) is 5.82 Å². The quantitative estimate of drug-likeness (QED) is 0.880. The number of halogens is 1. The first kappa shape index (κ1) is 17.5. The van der Waals surface area contributed by atoms with E-state index in [2.05, 4.69) is 4.90 Å². The van der Waals surface area contributed by atoms with E-state index in [-0.39, 0.29) is 30.1 Å². The summed E-state index contributed by atoms with van der Waals surface area (Å²) in [6, 6.07) is 3.20. The second kappa shape index (κ2) is 6.35. The largest absolute Gasteiger partial charge is 0.392 e. The summed E-state index contributed by atoms with van der Waals surface area (Å²) in [4.78, 5) is 14.7. The number of aliphatic hydroxyl groups is 1. The number of anilines is 1. The van der Waals surface area contributed by atoms with Crippen LogP contribution < -0.4 is 16.2 Å². The number of nitrogens with zero attached hydrogens (tertiary/aromatic N) is 2. The highest BCUT2D eigenvalue weighted by Crippen LogP contribution is 2.40. The monoisotopic (exact) mass is 359 g/mol. The van der Waals surface area contributed by atoms with Crippen LogP contribution in [0.1, 0.15) is 43.4 Å². The number of pyridine rings is 1. The van der Waals surface area contributed by atoms with Crippen molar-refractivity contribution in [2.45, 2.75) is 51.8 Å². The van der Waals surface area contributed by atoms with Crippen molar-refractivity contribution in [3.05, 3.63) is 39.4 Å². The summed E-state index contributed by atoms with van der Waals surface area (Å²) in [5.41, 5.74) is 8.54. The van der Waals surface area contributed by atoms with Crippen LogP contribution in [0.15, 0.2) is 16.9 Å². The van der Waals surface area contributed by atoms with Crippen molar-refractivity contribution in [1.29, 1.82) is 0 Å². The normalized spacial score (nSPS) is 21.6.